The zero-order chi connectivity index (χ0) is 18.5. The number of aliphatic hydroxyl groups is 1. The first-order valence-electron chi connectivity index (χ1n) is 8.01. The fraction of sp³-hybridized carbons (Fsp3) is 0.158. The highest BCUT2D eigenvalue weighted by Crippen LogP contribution is 2.13. The highest BCUT2D eigenvalue weighted by molar-refractivity contribution is 5.87. The van der Waals surface area contributed by atoms with Crippen molar-refractivity contribution in [3.05, 3.63) is 72.1 Å². The minimum atomic E-state index is -1.44. The van der Waals surface area contributed by atoms with Crippen molar-refractivity contribution in [2.75, 3.05) is 0 Å². The van der Waals surface area contributed by atoms with Crippen LogP contribution in [0, 0.1) is 0 Å². The Balaban J connectivity index is 1.74. The zero-order valence-corrected chi connectivity index (χ0v) is 13.7. The topological polar surface area (TPSA) is 112 Å². The van der Waals surface area contributed by atoms with Crippen LogP contribution in [0.15, 0.2) is 60.8 Å². The molecule has 0 bridgehead atoms. The van der Waals surface area contributed by atoms with Crippen molar-refractivity contribution in [2.45, 2.75) is 18.6 Å². The number of aliphatic hydroxyl groups excluding tert-OH is 1. The standard InChI is InChI=1S/C19H17N3O4/c23-17(12-6-2-1-3-7-12)18(24)22-16(19(25)26)10-13-11-20-14-8-4-5-9-15(14)21-13/h1-9,11,16-17,23H,10H2,(H,22,24)(H,25,26)/t16-,17-/m0/s1. The Kier molecular flexibility index (Phi) is 5.19. The molecule has 7 heteroatoms. The molecule has 0 unspecified atom stereocenters. The summed E-state index contributed by atoms with van der Waals surface area (Å²) in [7, 11) is 0. The summed E-state index contributed by atoms with van der Waals surface area (Å²) in [6, 6.07) is 14.3. The van der Waals surface area contributed by atoms with Gasteiger partial charge in [-0.3, -0.25) is 9.78 Å². The number of carbonyl (C=O) groups is 2. The molecular formula is C19H17N3O4. The first-order chi connectivity index (χ1) is 12.5. The van der Waals surface area contributed by atoms with Crippen molar-refractivity contribution < 1.29 is 19.8 Å². The van der Waals surface area contributed by atoms with Crippen LogP contribution in [0.2, 0.25) is 0 Å². The molecule has 3 N–H and O–H groups in total. The lowest BCUT2D eigenvalue weighted by Crippen LogP contribution is -2.44. The summed E-state index contributed by atoms with van der Waals surface area (Å²) in [5.41, 5.74) is 2.17. The van der Waals surface area contributed by atoms with E-state index in [1.54, 1.807) is 42.5 Å². The lowest BCUT2D eigenvalue weighted by atomic mass is 10.1. The number of carbonyl (C=O) groups excluding carboxylic acids is 1. The van der Waals surface area contributed by atoms with Crippen LogP contribution in [0.3, 0.4) is 0 Å². The molecule has 0 spiro atoms. The number of carboxylic acid groups (broad SMARTS) is 1. The fourth-order valence-electron chi connectivity index (χ4n) is 2.54. The molecule has 0 saturated heterocycles. The maximum atomic E-state index is 12.2. The van der Waals surface area contributed by atoms with Crippen molar-refractivity contribution in [1.29, 1.82) is 0 Å². The number of amides is 1. The lowest BCUT2D eigenvalue weighted by Gasteiger charge is -2.17. The second-order valence-corrected chi connectivity index (χ2v) is 5.77. The molecule has 0 aliphatic heterocycles. The summed E-state index contributed by atoms with van der Waals surface area (Å²) < 4.78 is 0. The molecule has 0 fully saturated rings. The molecule has 0 radical (unpaired) electrons. The average molecular weight is 351 g/mol. The summed E-state index contributed by atoms with van der Waals surface area (Å²) >= 11 is 0. The maximum Gasteiger partial charge on any atom is 0.326 e. The normalized spacial score (nSPS) is 13.1. The predicted octanol–water partition coefficient (Wildman–Crippen LogP) is 1.48. The number of nitrogens with zero attached hydrogens (tertiary/aromatic N) is 2. The second-order valence-electron chi connectivity index (χ2n) is 5.77. The molecule has 0 aliphatic carbocycles. The van der Waals surface area contributed by atoms with E-state index in [-0.39, 0.29) is 6.42 Å². The minimum absolute atomic E-state index is 0.0413. The van der Waals surface area contributed by atoms with Gasteiger partial charge in [-0.15, -0.1) is 0 Å². The van der Waals surface area contributed by atoms with Crippen LogP contribution in [-0.4, -0.2) is 38.1 Å². The van der Waals surface area contributed by atoms with Crippen LogP contribution >= 0.6 is 0 Å². The van der Waals surface area contributed by atoms with Gasteiger partial charge < -0.3 is 15.5 Å². The van der Waals surface area contributed by atoms with E-state index in [1.807, 2.05) is 12.1 Å². The van der Waals surface area contributed by atoms with Gasteiger partial charge in [0.1, 0.15) is 6.04 Å². The third kappa shape index (κ3) is 4.01. The fourth-order valence-corrected chi connectivity index (χ4v) is 2.54. The summed E-state index contributed by atoms with van der Waals surface area (Å²) in [6.45, 7) is 0. The predicted molar refractivity (Wildman–Crippen MR) is 94.2 cm³/mol. The average Bonchev–Trinajstić information content (AvgIpc) is 2.67. The Morgan fingerprint density at radius 3 is 2.35 bits per heavy atom. The van der Waals surface area contributed by atoms with Gasteiger partial charge in [0.2, 0.25) is 0 Å². The number of nitrogens with one attached hydrogen (secondary N) is 1. The third-order valence-electron chi connectivity index (χ3n) is 3.89. The number of aliphatic carboxylic acids is 1. The van der Waals surface area contributed by atoms with Crippen molar-refractivity contribution in [3.63, 3.8) is 0 Å². The van der Waals surface area contributed by atoms with Gasteiger partial charge in [0.05, 0.1) is 16.7 Å². The SMILES string of the molecule is O=C(O)[C@H](Cc1cnc2ccccc2n1)NC(=O)[C@@H](O)c1ccccc1. The number of aromatic nitrogens is 2. The Labute approximate surface area is 149 Å². The van der Waals surface area contributed by atoms with E-state index in [4.69, 9.17) is 0 Å². The minimum Gasteiger partial charge on any atom is -0.480 e. The van der Waals surface area contributed by atoms with E-state index in [0.29, 0.717) is 22.3 Å². The van der Waals surface area contributed by atoms with Crippen molar-refractivity contribution in [1.82, 2.24) is 15.3 Å². The molecule has 0 saturated carbocycles. The van der Waals surface area contributed by atoms with Gasteiger partial charge in [-0.05, 0) is 17.7 Å². The van der Waals surface area contributed by atoms with E-state index >= 15 is 0 Å². The molecule has 1 heterocycles. The van der Waals surface area contributed by atoms with Crippen LogP contribution in [0.4, 0.5) is 0 Å². The van der Waals surface area contributed by atoms with Gasteiger partial charge >= 0.3 is 5.97 Å². The quantitative estimate of drug-likeness (QED) is 0.620. The van der Waals surface area contributed by atoms with Crippen LogP contribution < -0.4 is 5.32 Å². The number of hydrogen-bond donors (Lipinski definition) is 3. The molecule has 2 aromatic carbocycles. The Bertz CT molecular complexity index is 930. The van der Waals surface area contributed by atoms with Gasteiger partial charge in [0.15, 0.2) is 6.10 Å². The first kappa shape index (κ1) is 17.5. The molecule has 7 nitrogen and oxygen atoms in total. The number of para-hydroxylation sites is 2. The lowest BCUT2D eigenvalue weighted by molar-refractivity contribution is -0.143. The van der Waals surface area contributed by atoms with E-state index in [1.165, 1.54) is 6.20 Å². The second kappa shape index (κ2) is 7.71. The molecule has 1 aromatic heterocycles. The Morgan fingerprint density at radius 2 is 1.65 bits per heavy atom. The highest BCUT2D eigenvalue weighted by Gasteiger charge is 2.25. The van der Waals surface area contributed by atoms with Crippen molar-refractivity contribution in [2.24, 2.45) is 0 Å². The maximum absolute atomic E-state index is 12.2. The summed E-state index contributed by atoms with van der Waals surface area (Å²) in [6.07, 6.45) is -0.000834. The molecule has 26 heavy (non-hydrogen) atoms. The van der Waals surface area contributed by atoms with Gasteiger partial charge in [-0.1, -0.05) is 42.5 Å². The zero-order valence-electron chi connectivity index (χ0n) is 13.7. The number of hydrogen-bond acceptors (Lipinski definition) is 5. The molecule has 3 rings (SSSR count). The monoisotopic (exact) mass is 351 g/mol. The highest BCUT2D eigenvalue weighted by atomic mass is 16.4. The number of carboxylic acids is 1. The third-order valence-corrected chi connectivity index (χ3v) is 3.89. The Hall–Kier alpha value is -3.32. The van der Waals surface area contributed by atoms with Crippen LogP contribution in [0.5, 0.6) is 0 Å². The number of benzene rings is 2. The molecular weight excluding hydrogens is 334 g/mol. The first-order valence-corrected chi connectivity index (χ1v) is 8.01. The molecule has 3 aromatic rings. The largest absolute Gasteiger partial charge is 0.480 e. The van der Waals surface area contributed by atoms with Crippen molar-refractivity contribution >= 4 is 22.9 Å². The number of rotatable bonds is 6. The van der Waals surface area contributed by atoms with Crippen molar-refractivity contribution in [3.8, 4) is 0 Å². The summed E-state index contributed by atoms with van der Waals surface area (Å²) in [4.78, 5) is 32.3. The molecule has 1 amide bonds. The summed E-state index contributed by atoms with van der Waals surface area (Å²) in [5.74, 6) is -1.99. The van der Waals surface area contributed by atoms with E-state index in [0.717, 1.165) is 0 Å². The molecule has 0 aliphatic rings. The summed E-state index contributed by atoms with van der Waals surface area (Å²) in [5, 5.41) is 21.9. The Morgan fingerprint density at radius 1 is 1.00 bits per heavy atom. The van der Waals surface area contributed by atoms with Gasteiger partial charge in [0.25, 0.3) is 5.91 Å². The van der Waals surface area contributed by atoms with Gasteiger partial charge in [0, 0.05) is 12.6 Å². The van der Waals surface area contributed by atoms with Gasteiger partial charge in [-0.25, -0.2) is 9.78 Å². The van der Waals surface area contributed by atoms with Gasteiger partial charge in [-0.2, -0.15) is 0 Å². The van der Waals surface area contributed by atoms with E-state index < -0.39 is 24.0 Å². The van der Waals surface area contributed by atoms with E-state index in [2.05, 4.69) is 15.3 Å². The van der Waals surface area contributed by atoms with E-state index in [9.17, 15) is 19.8 Å². The van der Waals surface area contributed by atoms with Crippen LogP contribution in [0.1, 0.15) is 17.4 Å². The molecule has 132 valence electrons. The number of fused-ring (bicyclic) bond motifs is 1. The van der Waals surface area contributed by atoms with Crippen LogP contribution in [0.25, 0.3) is 11.0 Å². The van der Waals surface area contributed by atoms with Crippen LogP contribution in [-0.2, 0) is 16.0 Å². The molecule has 2 atom stereocenters. The smallest absolute Gasteiger partial charge is 0.326 e.